The second-order valence-corrected chi connectivity index (χ2v) is 4.86. The van der Waals surface area contributed by atoms with Crippen LogP contribution in [0.1, 0.15) is 24.2 Å². The highest BCUT2D eigenvalue weighted by Gasteiger charge is 2.11. The average molecular weight is 315 g/mol. The third-order valence-corrected chi connectivity index (χ3v) is 3.30. The van der Waals surface area contributed by atoms with Crippen LogP contribution in [0, 0.1) is 0 Å². The fraction of sp³-hybridized carbons (Fsp3) is 0.462. The molecule has 0 heterocycles. The van der Waals surface area contributed by atoms with Crippen molar-refractivity contribution in [3.05, 3.63) is 28.2 Å². The first-order chi connectivity index (χ1) is 8.58. The minimum atomic E-state index is -0.249. The maximum Gasteiger partial charge on any atom is 0.255 e. The van der Waals surface area contributed by atoms with Crippen molar-refractivity contribution in [3.63, 3.8) is 0 Å². The van der Waals surface area contributed by atoms with Gasteiger partial charge in [-0.15, -0.1) is 0 Å². The number of halogens is 1. The molecule has 18 heavy (non-hydrogen) atoms. The molecule has 0 aliphatic carbocycles. The van der Waals surface area contributed by atoms with E-state index in [2.05, 4.69) is 40.0 Å². The SMILES string of the molecule is CCN(CC)CCNC(=O)c1cc(Br)ccc1O. The number of hydrogen-bond acceptors (Lipinski definition) is 3. The van der Waals surface area contributed by atoms with E-state index in [4.69, 9.17) is 0 Å². The van der Waals surface area contributed by atoms with E-state index in [1.54, 1.807) is 12.1 Å². The summed E-state index contributed by atoms with van der Waals surface area (Å²) in [4.78, 5) is 14.1. The Morgan fingerprint density at radius 3 is 2.67 bits per heavy atom. The van der Waals surface area contributed by atoms with Crippen LogP contribution in [-0.4, -0.2) is 42.1 Å². The molecule has 0 saturated heterocycles. The molecule has 0 saturated carbocycles. The normalized spacial score (nSPS) is 10.7. The quantitative estimate of drug-likeness (QED) is 0.846. The van der Waals surface area contributed by atoms with Gasteiger partial charge in [-0.25, -0.2) is 0 Å². The summed E-state index contributed by atoms with van der Waals surface area (Å²) in [6.45, 7) is 7.50. The molecular weight excluding hydrogens is 296 g/mol. The van der Waals surface area contributed by atoms with Crippen LogP contribution >= 0.6 is 15.9 Å². The minimum absolute atomic E-state index is 0.00135. The van der Waals surface area contributed by atoms with E-state index in [9.17, 15) is 9.90 Å². The summed E-state index contributed by atoms with van der Waals surface area (Å²) in [7, 11) is 0. The van der Waals surface area contributed by atoms with Crippen LogP contribution in [0.25, 0.3) is 0 Å². The van der Waals surface area contributed by atoms with Gasteiger partial charge in [0.2, 0.25) is 0 Å². The van der Waals surface area contributed by atoms with E-state index >= 15 is 0 Å². The molecule has 1 rings (SSSR count). The topological polar surface area (TPSA) is 52.6 Å². The lowest BCUT2D eigenvalue weighted by atomic mass is 10.2. The van der Waals surface area contributed by atoms with Gasteiger partial charge in [-0.2, -0.15) is 0 Å². The van der Waals surface area contributed by atoms with E-state index < -0.39 is 0 Å². The van der Waals surface area contributed by atoms with Gasteiger partial charge in [0, 0.05) is 17.6 Å². The number of phenolic OH excluding ortho intramolecular Hbond substituents is 1. The van der Waals surface area contributed by atoms with Gasteiger partial charge in [0.15, 0.2) is 0 Å². The largest absolute Gasteiger partial charge is 0.507 e. The number of nitrogens with one attached hydrogen (secondary N) is 1. The minimum Gasteiger partial charge on any atom is -0.507 e. The molecular formula is C13H19BrN2O2. The Morgan fingerprint density at radius 2 is 2.06 bits per heavy atom. The van der Waals surface area contributed by atoms with Crippen molar-refractivity contribution >= 4 is 21.8 Å². The van der Waals surface area contributed by atoms with Crippen LogP contribution in [0.4, 0.5) is 0 Å². The fourth-order valence-electron chi connectivity index (χ4n) is 1.65. The third kappa shape index (κ3) is 4.31. The van der Waals surface area contributed by atoms with Gasteiger partial charge in [0.05, 0.1) is 5.56 Å². The van der Waals surface area contributed by atoms with Crippen LogP contribution in [-0.2, 0) is 0 Å². The zero-order valence-electron chi connectivity index (χ0n) is 10.7. The lowest BCUT2D eigenvalue weighted by molar-refractivity contribution is 0.0946. The maximum atomic E-state index is 11.9. The summed E-state index contributed by atoms with van der Waals surface area (Å²) in [5.41, 5.74) is 0.295. The van der Waals surface area contributed by atoms with Gasteiger partial charge in [0.25, 0.3) is 5.91 Å². The van der Waals surface area contributed by atoms with Crippen molar-refractivity contribution in [3.8, 4) is 5.75 Å². The van der Waals surface area contributed by atoms with Crippen molar-refractivity contribution < 1.29 is 9.90 Å². The Kier molecular flexibility index (Phi) is 6.15. The van der Waals surface area contributed by atoms with Gasteiger partial charge in [-0.05, 0) is 31.3 Å². The molecule has 1 aromatic rings. The number of carbonyl (C=O) groups excluding carboxylic acids is 1. The summed E-state index contributed by atoms with van der Waals surface area (Å²) in [6, 6.07) is 4.81. The molecule has 1 amide bonds. The van der Waals surface area contributed by atoms with Crippen molar-refractivity contribution in [1.82, 2.24) is 10.2 Å². The summed E-state index contributed by atoms with van der Waals surface area (Å²) in [6.07, 6.45) is 0. The van der Waals surface area contributed by atoms with E-state index in [1.165, 1.54) is 6.07 Å². The number of aromatic hydroxyl groups is 1. The second kappa shape index (κ2) is 7.38. The number of carbonyl (C=O) groups is 1. The van der Waals surface area contributed by atoms with Gasteiger partial charge < -0.3 is 15.3 Å². The zero-order chi connectivity index (χ0) is 13.5. The number of hydrogen-bond donors (Lipinski definition) is 2. The molecule has 0 spiro atoms. The Hall–Kier alpha value is -1.07. The molecule has 0 aliphatic rings. The van der Waals surface area contributed by atoms with Crippen LogP contribution < -0.4 is 5.32 Å². The molecule has 0 aromatic heterocycles. The highest BCUT2D eigenvalue weighted by Crippen LogP contribution is 2.21. The molecule has 0 bridgehead atoms. The summed E-state index contributed by atoms with van der Waals surface area (Å²) >= 11 is 3.28. The highest BCUT2D eigenvalue weighted by molar-refractivity contribution is 9.10. The van der Waals surface area contributed by atoms with Crippen LogP contribution in [0.5, 0.6) is 5.75 Å². The Bertz CT molecular complexity index is 406. The van der Waals surface area contributed by atoms with E-state index in [1.807, 2.05) is 0 Å². The molecule has 5 heteroatoms. The molecule has 1 aromatic carbocycles. The van der Waals surface area contributed by atoms with Crippen molar-refractivity contribution in [2.24, 2.45) is 0 Å². The number of likely N-dealkylation sites (N-methyl/N-ethyl adjacent to an activating group) is 1. The number of phenols is 1. The van der Waals surface area contributed by atoms with Crippen molar-refractivity contribution in [2.75, 3.05) is 26.2 Å². The van der Waals surface area contributed by atoms with E-state index in [0.29, 0.717) is 12.1 Å². The smallest absolute Gasteiger partial charge is 0.255 e. The lowest BCUT2D eigenvalue weighted by Gasteiger charge is -2.18. The first-order valence-electron chi connectivity index (χ1n) is 6.07. The standard InChI is InChI=1S/C13H19BrN2O2/c1-3-16(4-2)8-7-15-13(18)11-9-10(14)5-6-12(11)17/h5-6,9,17H,3-4,7-8H2,1-2H3,(H,15,18). The maximum absolute atomic E-state index is 11.9. The average Bonchev–Trinajstić information content (AvgIpc) is 2.37. The summed E-state index contributed by atoms with van der Waals surface area (Å²) in [5, 5.41) is 12.4. The number of benzene rings is 1. The molecule has 100 valence electrons. The summed E-state index contributed by atoms with van der Waals surface area (Å²) in [5.74, 6) is -0.250. The Balaban J connectivity index is 2.53. The van der Waals surface area contributed by atoms with E-state index in [0.717, 1.165) is 24.1 Å². The molecule has 0 atom stereocenters. The third-order valence-electron chi connectivity index (χ3n) is 2.81. The molecule has 0 radical (unpaired) electrons. The molecule has 0 unspecified atom stereocenters. The van der Waals surface area contributed by atoms with Crippen LogP contribution in [0.2, 0.25) is 0 Å². The van der Waals surface area contributed by atoms with Crippen molar-refractivity contribution in [1.29, 1.82) is 0 Å². The van der Waals surface area contributed by atoms with Crippen LogP contribution in [0.3, 0.4) is 0 Å². The molecule has 0 aliphatic heterocycles. The first-order valence-corrected chi connectivity index (χ1v) is 6.86. The second-order valence-electron chi connectivity index (χ2n) is 3.94. The number of amides is 1. The Labute approximate surface area is 116 Å². The van der Waals surface area contributed by atoms with Crippen LogP contribution in [0.15, 0.2) is 22.7 Å². The predicted octanol–water partition coefficient (Wildman–Crippen LogP) is 2.23. The monoisotopic (exact) mass is 314 g/mol. The van der Waals surface area contributed by atoms with Gasteiger partial charge >= 0.3 is 0 Å². The summed E-state index contributed by atoms with van der Waals surface area (Å²) < 4.78 is 0.772. The molecule has 0 fully saturated rings. The van der Waals surface area contributed by atoms with Gasteiger partial charge in [-0.1, -0.05) is 29.8 Å². The number of rotatable bonds is 6. The predicted molar refractivity (Wildman–Crippen MR) is 75.9 cm³/mol. The Morgan fingerprint density at radius 1 is 1.39 bits per heavy atom. The lowest BCUT2D eigenvalue weighted by Crippen LogP contribution is -2.34. The zero-order valence-corrected chi connectivity index (χ0v) is 12.3. The molecule has 4 nitrogen and oxygen atoms in total. The van der Waals surface area contributed by atoms with Crippen molar-refractivity contribution in [2.45, 2.75) is 13.8 Å². The number of nitrogens with zero attached hydrogens (tertiary/aromatic N) is 1. The highest BCUT2D eigenvalue weighted by atomic mass is 79.9. The van der Waals surface area contributed by atoms with Gasteiger partial charge in [0.1, 0.15) is 5.75 Å². The van der Waals surface area contributed by atoms with Gasteiger partial charge in [-0.3, -0.25) is 4.79 Å². The molecule has 2 N–H and O–H groups in total. The first kappa shape index (κ1) is 15.0. The van der Waals surface area contributed by atoms with E-state index in [-0.39, 0.29) is 11.7 Å². The fourth-order valence-corrected chi connectivity index (χ4v) is 2.01.